The van der Waals surface area contributed by atoms with E-state index in [2.05, 4.69) is 15.5 Å². The molecule has 3 aliphatic carbocycles. The number of methoxy groups -OCH3 is 2. The molecule has 0 spiro atoms. The van der Waals surface area contributed by atoms with Gasteiger partial charge in [0.1, 0.15) is 5.75 Å². The van der Waals surface area contributed by atoms with Crippen molar-refractivity contribution >= 4 is 35.4 Å². The number of benzene rings is 2. The van der Waals surface area contributed by atoms with E-state index in [0.29, 0.717) is 55.7 Å². The minimum absolute atomic E-state index is 0.0105. The molecule has 1 heterocycles. The average Bonchev–Trinajstić information content (AvgIpc) is 3.69. The van der Waals surface area contributed by atoms with E-state index in [-0.39, 0.29) is 59.2 Å². The van der Waals surface area contributed by atoms with Crippen LogP contribution in [0.3, 0.4) is 0 Å². The maximum atomic E-state index is 14.4. The van der Waals surface area contributed by atoms with Crippen LogP contribution in [0.5, 0.6) is 11.5 Å². The zero-order valence-electron chi connectivity index (χ0n) is 29.3. The standard InChI is InChI=1S/C39H46N4O8/c1-48-38(46)27-14-20-31(21-15-27)50-30-18-12-26(13-19-30)37(45)43(36(44)25-8-4-3-5-9-25)35-33(24-34(41-42-35)40-29-10-6-7-11-29)51-32-22-16-28(17-23-32)39(47)49-2/h3-5,8-9,12-13,18-19,24,27-29,31-32H,6-7,10-11,14-17,20-23H2,1-2H3,(H,40,41)/t27-,28-,31+,32+. The highest BCUT2D eigenvalue weighted by molar-refractivity contribution is 6.25. The van der Waals surface area contributed by atoms with Crippen molar-refractivity contribution in [3.05, 3.63) is 71.8 Å². The fourth-order valence-electron chi connectivity index (χ4n) is 7.30. The number of aromatic nitrogens is 2. The fraction of sp³-hybridized carbons (Fsp3) is 0.487. The Morgan fingerprint density at radius 1 is 0.647 bits per heavy atom. The summed E-state index contributed by atoms with van der Waals surface area (Å²) in [5, 5.41) is 12.3. The summed E-state index contributed by atoms with van der Waals surface area (Å²) in [5.41, 5.74) is 0.549. The summed E-state index contributed by atoms with van der Waals surface area (Å²) in [4.78, 5) is 53.7. The maximum Gasteiger partial charge on any atom is 0.308 e. The number of carbonyl (C=O) groups excluding carboxylic acids is 4. The average molecular weight is 699 g/mol. The monoisotopic (exact) mass is 698 g/mol. The molecule has 0 radical (unpaired) electrons. The predicted molar refractivity (Wildman–Crippen MR) is 189 cm³/mol. The van der Waals surface area contributed by atoms with Crippen molar-refractivity contribution in [2.24, 2.45) is 11.8 Å². The molecule has 3 aromatic rings. The summed E-state index contributed by atoms with van der Waals surface area (Å²) < 4.78 is 22.6. The lowest BCUT2D eigenvalue weighted by molar-refractivity contribution is -0.147. The van der Waals surface area contributed by atoms with E-state index >= 15 is 0 Å². The van der Waals surface area contributed by atoms with Crippen LogP contribution in [0.15, 0.2) is 60.7 Å². The zero-order valence-corrected chi connectivity index (χ0v) is 29.3. The van der Waals surface area contributed by atoms with Crippen molar-refractivity contribution in [2.45, 2.75) is 95.3 Å². The van der Waals surface area contributed by atoms with Gasteiger partial charge in [-0.1, -0.05) is 31.0 Å². The lowest BCUT2D eigenvalue weighted by Gasteiger charge is -2.29. The van der Waals surface area contributed by atoms with Gasteiger partial charge < -0.3 is 24.3 Å². The largest absolute Gasteiger partial charge is 0.490 e. The Labute approximate surface area is 298 Å². The summed E-state index contributed by atoms with van der Waals surface area (Å²) in [6.45, 7) is 0. The van der Waals surface area contributed by atoms with Crippen molar-refractivity contribution in [2.75, 3.05) is 24.4 Å². The Morgan fingerprint density at radius 2 is 1.18 bits per heavy atom. The molecule has 12 nitrogen and oxygen atoms in total. The van der Waals surface area contributed by atoms with Crippen LogP contribution in [0.25, 0.3) is 0 Å². The van der Waals surface area contributed by atoms with E-state index in [1.807, 2.05) is 0 Å². The molecule has 1 aromatic heterocycles. The molecule has 6 rings (SSSR count). The highest BCUT2D eigenvalue weighted by Crippen LogP contribution is 2.36. The van der Waals surface area contributed by atoms with Crippen molar-refractivity contribution < 1.29 is 38.1 Å². The van der Waals surface area contributed by atoms with E-state index in [1.165, 1.54) is 14.2 Å². The Hall–Kier alpha value is -5.00. The fourth-order valence-corrected chi connectivity index (χ4v) is 7.30. The molecule has 3 fully saturated rings. The molecule has 2 amide bonds. The molecular formula is C39H46N4O8. The number of amides is 2. The number of rotatable bonds is 11. The summed E-state index contributed by atoms with van der Waals surface area (Å²) in [7, 11) is 2.81. The second-order valence-electron chi connectivity index (χ2n) is 13.6. The molecule has 0 saturated heterocycles. The Bertz CT molecular complexity index is 1660. The maximum absolute atomic E-state index is 14.4. The first-order valence-electron chi connectivity index (χ1n) is 18.0. The van der Waals surface area contributed by atoms with Crippen LogP contribution in [0.4, 0.5) is 11.6 Å². The SMILES string of the molecule is COC(=O)[C@H]1CC[C@@H](Oc2ccc(C(=O)N(C(=O)c3ccccc3)c3nnc(NC4CCCC4)cc3O[C@H]3CC[C@@H](C(=O)OC)CC3)cc2)CC1. The third kappa shape index (κ3) is 8.84. The summed E-state index contributed by atoms with van der Waals surface area (Å²) >= 11 is 0. The van der Waals surface area contributed by atoms with Crippen LogP contribution in [0.1, 0.15) is 97.8 Å². The Balaban J connectivity index is 1.27. The highest BCUT2D eigenvalue weighted by atomic mass is 16.5. The third-order valence-corrected chi connectivity index (χ3v) is 10.2. The van der Waals surface area contributed by atoms with Crippen LogP contribution >= 0.6 is 0 Å². The minimum Gasteiger partial charge on any atom is -0.490 e. The second-order valence-corrected chi connectivity index (χ2v) is 13.6. The van der Waals surface area contributed by atoms with E-state index in [0.717, 1.165) is 43.4 Å². The first-order chi connectivity index (χ1) is 24.8. The lowest BCUT2D eigenvalue weighted by atomic mass is 9.87. The lowest BCUT2D eigenvalue weighted by Crippen LogP contribution is -2.39. The molecule has 1 N–H and O–H groups in total. The molecule has 3 aliphatic rings. The van der Waals surface area contributed by atoms with E-state index in [4.69, 9.17) is 18.9 Å². The molecule has 0 aliphatic heterocycles. The van der Waals surface area contributed by atoms with Crippen LogP contribution in [-0.2, 0) is 19.1 Å². The Morgan fingerprint density at radius 3 is 1.73 bits per heavy atom. The third-order valence-electron chi connectivity index (χ3n) is 10.2. The smallest absolute Gasteiger partial charge is 0.308 e. The van der Waals surface area contributed by atoms with Crippen molar-refractivity contribution in [1.82, 2.24) is 10.2 Å². The van der Waals surface area contributed by atoms with Gasteiger partial charge in [-0.25, -0.2) is 4.90 Å². The van der Waals surface area contributed by atoms with Gasteiger partial charge in [0.05, 0.1) is 38.3 Å². The summed E-state index contributed by atoms with van der Waals surface area (Å²) in [6.07, 6.45) is 9.19. The van der Waals surface area contributed by atoms with Gasteiger partial charge in [-0.05, 0) is 101 Å². The van der Waals surface area contributed by atoms with Gasteiger partial charge in [0.2, 0.25) is 5.82 Å². The molecule has 51 heavy (non-hydrogen) atoms. The minimum atomic E-state index is -0.598. The first-order valence-corrected chi connectivity index (χ1v) is 18.0. The normalized spacial score (nSPS) is 22.0. The van der Waals surface area contributed by atoms with Gasteiger partial charge in [-0.3, -0.25) is 19.2 Å². The zero-order chi connectivity index (χ0) is 35.7. The number of imide groups is 1. The molecule has 0 atom stereocenters. The number of esters is 2. The van der Waals surface area contributed by atoms with Gasteiger partial charge >= 0.3 is 11.9 Å². The Kier molecular flexibility index (Phi) is 11.8. The number of carbonyl (C=O) groups is 4. The van der Waals surface area contributed by atoms with Crippen molar-refractivity contribution in [3.63, 3.8) is 0 Å². The van der Waals surface area contributed by atoms with Crippen molar-refractivity contribution in [1.29, 1.82) is 0 Å². The number of ether oxygens (including phenoxy) is 4. The van der Waals surface area contributed by atoms with E-state index in [9.17, 15) is 19.2 Å². The van der Waals surface area contributed by atoms with Gasteiger partial charge in [-0.2, -0.15) is 0 Å². The number of nitrogens with zero attached hydrogens (tertiary/aromatic N) is 3. The predicted octanol–water partition coefficient (Wildman–Crippen LogP) is 6.54. The van der Waals surface area contributed by atoms with Crippen molar-refractivity contribution in [3.8, 4) is 11.5 Å². The molecule has 3 saturated carbocycles. The number of hydrogen-bond acceptors (Lipinski definition) is 11. The summed E-state index contributed by atoms with van der Waals surface area (Å²) in [6, 6.07) is 17.2. The van der Waals surface area contributed by atoms with E-state index < -0.39 is 11.8 Å². The quantitative estimate of drug-likeness (QED) is 0.172. The molecule has 12 heteroatoms. The molecular weight excluding hydrogens is 652 g/mol. The number of hydrogen-bond donors (Lipinski definition) is 1. The van der Waals surface area contributed by atoms with E-state index in [1.54, 1.807) is 60.7 Å². The van der Waals surface area contributed by atoms with Gasteiger partial charge in [0, 0.05) is 23.2 Å². The van der Waals surface area contributed by atoms with Gasteiger partial charge in [-0.15, -0.1) is 10.2 Å². The molecule has 0 unspecified atom stereocenters. The van der Waals surface area contributed by atoms with Crippen LogP contribution in [-0.4, -0.2) is 66.4 Å². The summed E-state index contributed by atoms with van der Waals surface area (Å²) in [5.74, 6) is -0.548. The van der Waals surface area contributed by atoms with Crippen LogP contribution in [0, 0.1) is 11.8 Å². The van der Waals surface area contributed by atoms with Gasteiger partial charge in [0.15, 0.2) is 11.6 Å². The van der Waals surface area contributed by atoms with Gasteiger partial charge in [0.25, 0.3) is 11.8 Å². The van der Waals surface area contributed by atoms with Crippen LogP contribution < -0.4 is 19.7 Å². The molecule has 0 bridgehead atoms. The second kappa shape index (κ2) is 16.8. The molecule has 2 aromatic carbocycles. The topological polar surface area (TPSA) is 146 Å². The number of nitrogens with one attached hydrogen (secondary N) is 1. The highest BCUT2D eigenvalue weighted by Gasteiger charge is 2.34. The van der Waals surface area contributed by atoms with Crippen LogP contribution in [0.2, 0.25) is 0 Å². The molecule has 270 valence electrons. The number of anilines is 2. The first kappa shape index (κ1) is 35.8.